The van der Waals surface area contributed by atoms with Gasteiger partial charge in [-0.3, -0.25) is 4.79 Å². The Labute approximate surface area is 170 Å². The van der Waals surface area contributed by atoms with Crippen molar-refractivity contribution in [1.82, 2.24) is 10.3 Å². The van der Waals surface area contributed by atoms with Gasteiger partial charge in [-0.1, -0.05) is 35.3 Å². The van der Waals surface area contributed by atoms with Crippen LogP contribution in [0.3, 0.4) is 0 Å². The zero-order valence-electron chi connectivity index (χ0n) is 14.8. The van der Waals surface area contributed by atoms with Crippen LogP contribution in [0.25, 0.3) is 11.3 Å². The summed E-state index contributed by atoms with van der Waals surface area (Å²) in [4.78, 5) is 16.2. The van der Waals surface area contributed by atoms with Gasteiger partial charge in [0.25, 0.3) is 0 Å². The molecule has 0 aliphatic carbocycles. The molecule has 0 fully saturated rings. The SMILES string of the molecule is C[C@H](NC(=O)CCc1ncc(-c2c(F)cccc2F)o1)c1ccc(Cl)cc1Cl. The summed E-state index contributed by atoms with van der Waals surface area (Å²) in [5, 5.41) is 3.80. The molecule has 0 saturated carbocycles. The first-order chi connectivity index (χ1) is 13.3. The minimum absolute atomic E-state index is 0.0210. The fourth-order valence-corrected chi connectivity index (χ4v) is 3.31. The second kappa shape index (κ2) is 8.71. The summed E-state index contributed by atoms with van der Waals surface area (Å²) in [6, 6.07) is 8.28. The molecule has 0 saturated heterocycles. The van der Waals surface area contributed by atoms with Crippen LogP contribution in [0.5, 0.6) is 0 Å². The maximum Gasteiger partial charge on any atom is 0.220 e. The molecule has 0 unspecified atom stereocenters. The van der Waals surface area contributed by atoms with Gasteiger partial charge in [0.2, 0.25) is 5.91 Å². The number of aryl methyl sites for hydroxylation is 1. The number of halogens is 4. The standard InChI is InChI=1S/C20H16Cl2F2N2O2/c1-11(13-6-5-12(21)9-14(13)22)26-18(27)7-8-19-25-10-17(28-19)20-15(23)3-2-4-16(20)24/h2-6,9-11H,7-8H2,1H3,(H,26,27)/t11-/m0/s1. The zero-order valence-corrected chi connectivity index (χ0v) is 16.3. The molecule has 0 aliphatic heterocycles. The topological polar surface area (TPSA) is 55.1 Å². The largest absolute Gasteiger partial charge is 0.441 e. The Balaban J connectivity index is 1.60. The molecule has 0 spiro atoms. The maximum atomic E-state index is 13.8. The van der Waals surface area contributed by atoms with Gasteiger partial charge in [-0.25, -0.2) is 13.8 Å². The van der Waals surface area contributed by atoms with E-state index in [-0.39, 0.29) is 42.0 Å². The number of aromatic nitrogens is 1. The Hall–Kier alpha value is -2.44. The Bertz CT molecular complexity index is 987. The van der Waals surface area contributed by atoms with Crippen LogP contribution >= 0.6 is 23.2 Å². The van der Waals surface area contributed by atoms with Crippen molar-refractivity contribution >= 4 is 29.1 Å². The number of rotatable bonds is 6. The molecule has 1 N–H and O–H groups in total. The van der Waals surface area contributed by atoms with E-state index in [9.17, 15) is 13.6 Å². The first-order valence-electron chi connectivity index (χ1n) is 8.48. The van der Waals surface area contributed by atoms with Crippen molar-refractivity contribution in [3.8, 4) is 11.3 Å². The molecule has 0 bridgehead atoms. The quantitative estimate of drug-likeness (QED) is 0.548. The molecule has 3 rings (SSSR count). The first-order valence-corrected chi connectivity index (χ1v) is 9.24. The van der Waals surface area contributed by atoms with Gasteiger partial charge in [-0.05, 0) is 36.8 Å². The molecule has 1 heterocycles. The number of hydrogen-bond acceptors (Lipinski definition) is 3. The third kappa shape index (κ3) is 4.69. The van der Waals surface area contributed by atoms with Gasteiger partial charge in [-0.15, -0.1) is 0 Å². The third-order valence-electron chi connectivity index (χ3n) is 4.14. The number of oxazole rings is 1. The number of carbonyl (C=O) groups is 1. The minimum Gasteiger partial charge on any atom is -0.441 e. The lowest BCUT2D eigenvalue weighted by molar-refractivity contribution is -0.121. The number of nitrogens with one attached hydrogen (secondary N) is 1. The monoisotopic (exact) mass is 424 g/mol. The average molecular weight is 425 g/mol. The van der Waals surface area contributed by atoms with E-state index in [2.05, 4.69) is 10.3 Å². The fraction of sp³-hybridized carbons (Fsp3) is 0.200. The predicted molar refractivity (Wildman–Crippen MR) is 103 cm³/mol. The predicted octanol–water partition coefficient (Wildman–Crippen LogP) is 5.74. The van der Waals surface area contributed by atoms with Crippen LogP contribution in [0.2, 0.25) is 10.0 Å². The highest BCUT2D eigenvalue weighted by Crippen LogP contribution is 2.28. The van der Waals surface area contributed by atoms with Crippen molar-refractivity contribution in [3.63, 3.8) is 0 Å². The summed E-state index contributed by atoms with van der Waals surface area (Å²) < 4.78 is 33.0. The Morgan fingerprint density at radius 3 is 2.61 bits per heavy atom. The molecule has 8 heteroatoms. The number of hydrogen-bond donors (Lipinski definition) is 1. The zero-order chi connectivity index (χ0) is 20.3. The molecule has 28 heavy (non-hydrogen) atoms. The van der Waals surface area contributed by atoms with E-state index in [1.165, 1.54) is 12.3 Å². The van der Waals surface area contributed by atoms with Crippen LogP contribution in [0, 0.1) is 11.6 Å². The summed E-state index contributed by atoms with van der Waals surface area (Å²) in [6.45, 7) is 1.80. The Kier molecular flexibility index (Phi) is 6.31. The van der Waals surface area contributed by atoms with E-state index < -0.39 is 11.6 Å². The fourth-order valence-electron chi connectivity index (χ4n) is 2.74. The van der Waals surface area contributed by atoms with Crippen molar-refractivity contribution in [3.05, 3.63) is 75.7 Å². The summed E-state index contributed by atoms with van der Waals surface area (Å²) in [6.07, 6.45) is 1.52. The number of amides is 1. The molecule has 2 aromatic carbocycles. The van der Waals surface area contributed by atoms with Crippen molar-refractivity contribution < 1.29 is 18.0 Å². The van der Waals surface area contributed by atoms with Crippen LogP contribution in [0.1, 0.15) is 30.8 Å². The summed E-state index contributed by atoms with van der Waals surface area (Å²) >= 11 is 12.0. The van der Waals surface area contributed by atoms with E-state index in [0.29, 0.717) is 10.0 Å². The molecule has 4 nitrogen and oxygen atoms in total. The van der Waals surface area contributed by atoms with E-state index in [0.717, 1.165) is 17.7 Å². The summed E-state index contributed by atoms with van der Waals surface area (Å²) in [5.41, 5.74) is 0.463. The molecule has 146 valence electrons. The van der Waals surface area contributed by atoms with Crippen molar-refractivity contribution in [2.45, 2.75) is 25.8 Å². The molecule has 1 atom stereocenters. The second-order valence-corrected chi connectivity index (χ2v) is 7.01. The van der Waals surface area contributed by atoms with Crippen LogP contribution < -0.4 is 5.32 Å². The average Bonchev–Trinajstić information content (AvgIpc) is 3.08. The van der Waals surface area contributed by atoms with E-state index in [1.807, 2.05) is 0 Å². The number of benzene rings is 2. The van der Waals surface area contributed by atoms with Gasteiger partial charge in [-0.2, -0.15) is 0 Å². The normalized spacial score (nSPS) is 12.0. The summed E-state index contributed by atoms with van der Waals surface area (Å²) in [7, 11) is 0. The lowest BCUT2D eigenvalue weighted by atomic mass is 10.1. The van der Waals surface area contributed by atoms with Gasteiger partial charge in [0.05, 0.1) is 17.8 Å². The second-order valence-electron chi connectivity index (χ2n) is 6.17. The van der Waals surface area contributed by atoms with Crippen molar-refractivity contribution in [1.29, 1.82) is 0 Å². The van der Waals surface area contributed by atoms with Gasteiger partial charge in [0.15, 0.2) is 11.7 Å². The van der Waals surface area contributed by atoms with Crippen molar-refractivity contribution in [2.24, 2.45) is 0 Å². The Morgan fingerprint density at radius 1 is 1.21 bits per heavy atom. The molecular weight excluding hydrogens is 409 g/mol. The first kappa shape index (κ1) is 20.3. The molecule has 3 aromatic rings. The lowest BCUT2D eigenvalue weighted by Gasteiger charge is -2.15. The van der Waals surface area contributed by atoms with Crippen LogP contribution in [-0.4, -0.2) is 10.9 Å². The third-order valence-corrected chi connectivity index (χ3v) is 4.70. The Morgan fingerprint density at radius 2 is 1.93 bits per heavy atom. The van der Waals surface area contributed by atoms with Crippen LogP contribution in [0.15, 0.2) is 47.0 Å². The smallest absolute Gasteiger partial charge is 0.220 e. The molecule has 0 aliphatic rings. The number of carbonyl (C=O) groups excluding carboxylic acids is 1. The molecule has 1 aromatic heterocycles. The van der Waals surface area contributed by atoms with Crippen LogP contribution in [-0.2, 0) is 11.2 Å². The van der Waals surface area contributed by atoms with Crippen molar-refractivity contribution in [2.75, 3.05) is 0 Å². The van der Waals surface area contributed by atoms with Gasteiger partial charge in [0, 0.05) is 22.9 Å². The van der Waals surface area contributed by atoms with Crippen LogP contribution in [0.4, 0.5) is 8.78 Å². The van der Waals surface area contributed by atoms with E-state index in [1.54, 1.807) is 25.1 Å². The van der Waals surface area contributed by atoms with Gasteiger partial charge < -0.3 is 9.73 Å². The highest BCUT2D eigenvalue weighted by molar-refractivity contribution is 6.35. The van der Waals surface area contributed by atoms with Gasteiger partial charge >= 0.3 is 0 Å². The van der Waals surface area contributed by atoms with E-state index in [4.69, 9.17) is 27.6 Å². The van der Waals surface area contributed by atoms with Gasteiger partial charge in [0.1, 0.15) is 11.6 Å². The molecule has 1 amide bonds. The minimum atomic E-state index is -0.742. The molecule has 0 radical (unpaired) electrons. The highest BCUT2D eigenvalue weighted by Gasteiger charge is 2.17. The van der Waals surface area contributed by atoms with E-state index >= 15 is 0 Å². The lowest BCUT2D eigenvalue weighted by Crippen LogP contribution is -2.27. The highest BCUT2D eigenvalue weighted by atomic mass is 35.5. The summed E-state index contributed by atoms with van der Waals surface area (Å²) in [5.74, 6) is -1.53. The number of nitrogens with zero attached hydrogens (tertiary/aromatic N) is 1. The maximum absolute atomic E-state index is 13.8. The molecular formula is C20H16Cl2F2N2O2.